The first-order valence-corrected chi connectivity index (χ1v) is 9.27. The molecule has 100 valence electrons. The summed E-state index contributed by atoms with van der Waals surface area (Å²) in [6.07, 6.45) is 3.71. The lowest BCUT2D eigenvalue weighted by molar-refractivity contribution is 0.200. The summed E-state index contributed by atoms with van der Waals surface area (Å²) >= 11 is 1.75. The van der Waals surface area contributed by atoms with Crippen LogP contribution in [0.25, 0.3) is 0 Å². The van der Waals surface area contributed by atoms with Crippen molar-refractivity contribution in [1.82, 2.24) is 10.2 Å². The molecule has 4 nitrogen and oxygen atoms in total. The van der Waals surface area contributed by atoms with Crippen molar-refractivity contribution in [3.63, 3.8) is 0 Å². The predicted octanol–water partition coefficient (Wildman–Crippen LogP) is 0.548. The van der Waals surface area contributed by atoms with Gasteiger partial charge in [-0.2, -0.15) is 11.8 Å². The summed E-state index contributed by atoms with van der Waals surface area (Å²) in [6, 6.07) is 0. The number of thioether (sulfide) groups is 1. The fraction of sp³-hybridized carbons (Fsp3) is 1.00. The molecule has 0 amide bonds. The zero-order valence-electron chi connectivity index (χ0n) is 10.6. The quantitative estimate of drug-likeness (QED) is 0.817. The Labute approximate surface area is 108 Å². The van der Waals surface area contributed by atoms with Gasteiger partial charge in [0.15, 0.2) is 9.84 Å². The Morgan fingerprint density at radius 2 is 2.29 bits per heavy atom. The zero-order chi connectivity index (χ0) is 12.5. The van der Waals surface area contributed by atoms with Crippen molar-refractivity contribution in [1.29, 1.82) is 0 Å². The number of nitrogens with one attached hydrogen (secondary N) is 1. The van der Waals surface area contributed by atoms with Crippen LogP contribution in [0.5, 0.6) is 0 Å². The summed E-state index contributed by atoms with van der Waals surface area (Å²) in [6.45, 7) is 5.01. The number of hydrogen-bond donors (Lipinski definition) is 1. The van der Waals surface area contributed by atoms with Crippen molar-refractivity contribution in [2.24, 2.45) is 0 Å². The maximum atomic E-state index is 11.8. The average Bonchev–Trinajstić information content (AvgIpc) is 2.64. The molecule has 0 aromatic carbocycles. The van der Waals surface area contributed by atoms with Crippen molar-refractivity contribution < 1.29 is 8.42 Å². The third-order valence-electron chi connectivity index (χ3n) is 3.69. The maximum Gasteiger partial charge on any atom is 0.164 e. The first-order valence-electron chi connectivity index (χ1n) is 6.16. The molecule has 2 rings (SSSR count). The number of rotatable bonds is 3. The highest BCUT2D eigenvalue weighted by Gasteiger charge is 2.37. The van der Waals surface area contributed by atoms with E-state index in [0.717, 1.165) is 37.6 Å². The number of nitrogens with zero attached hydrogens (tertiary/aromatic N) is 1. The van der Waals surface area contributed by atoms with Gasteiger partial charge in [-0.15, -0.1) is 0 Å². The molecule has 0 saturated carbocycles. The van der Waals surface area contributed by atoms with Gasteiger partial charge in [0.05, 0.1) is 0 Å². The summed E-state index contributed by atoms with van der Waals surface area (Å²) in [7, 11) is -2.97. The molecule has 0 spiro atoms. The van der Waals surface area contributed by atoms with Crippen molar-refractivity contribution in [3.8, 4) is 0 Å². The van der Waals surface area contributed by atoms with E-state index in [4.69, 9.17) is 0 Å². The molecule has 2 fully saturated rings. The number of sulfone groups is 1. The van der Waals surface area contributed by atoms with Gasteiger partial charge >= 0.3 is 0 Å². The van der Waals surface area contributed by atoms with Crippen LogP contribution in [0.4, 0.5) is 0 Å². The highest BCUT2D eigenvalue weighted by Crippen LogP contribution is 2.26. The second-order valence-electron chi connectivity index (χ2n) is 5.42. The van der Waals surface area contributed by atoms with Crippen LogP contribution in [0.15, 0.2) is 0 Å². The van der Waals surface area contributed by atoms with E-state index in [9.17, 15) is 8.42 Å². The Kier molecular flexibility index (Phi) is 4.07. The van der Waals surface area contributed by atoms with Crippen molar-refractivity contribution in [3.05, 3.63) is 0 Å². The minimum Gasteiger partial charge on any atom is -0.310 e. The van der Waals surface area contributed by atoms with Crippen LogP contribution in [-0.4, -0.2) is 61.6 Å². The SMILES string of the molecule is CC1(CN2CCSCC2S(C)(=O)=O)CCCN1. The molecular weight excluding hydrogens is 256 g/mol. The normalized spacial score (nSPS) is 36.2. The van der Waals surface area contributed by atoms with Crippen LogP contribution < -0.4 is 5.32 Å². The van der Waals surface area contributed by atoms with Crippen LogP contribution in [0.1, 0.15) is 19.8 Å². The molecular formula is C11H22N2O2S2. The first-order chi connectivity index (χ1) is 7.91. The first kappa shape index (κ1) is 13.6. The van der Waals surface area contributed by atoms with Crippen molar-refractivity contribution in [2.75, 3.05) is 37.4 Å². The Balaban J connectivity index is 2.06. The largest absolute Gasteiger partial charge is 0.310 e. The molecule has 0 radical (unpaired) electrons. The van der Waals surface area contributed by atoms with Gasteiger partial charge in [0.2, 0.25) is 0 Å². The molecule has 2 atom stereocenters. The topological polar surface area (TPSA) is 49.4 Å². The van der Waals surface area contributed by atoms with Crippen LogP contribution in [-0.2, 0) is 9.84 Å². The van der Waals surface area contributed by atoms with Gasteiger partial charge in [0, 0.05) is 36.4 Å². The van der Waals surface area contributed by atoms with Crippen LogP contribution >= 0.6 is 11.8 Å². The lowest BCUT2D eigenvalue weighted by Gasteiger charge is -2.39. The molecule has 0 aliphatic carbocycles. The fourth-order valence-electron chi connectivity index (χ4n) is 2.73. The summed E-state index contributed by atoms with van der Waals surface area (Å²) in [5.74, 6) is 1.76. The third kappa shape index (κ3) is 3.36. The predicted molar refractivity (Wildman–Crippen MR) is 73.2 cm³/mol. The summed E-state index contributed by atoms with van der Waals surface area (Å²) < 4.78 is 23.6. The highest BCUT2D eigenvalue weighted by atomic mass is 32.2. The van der Waals surface area contributed by atoms with E-state index >= 15 is 0 Å². The van der Waals surface area contributed by atoms with Gasteiger partial charge < -0.3 is 5.32 Å². The lowest BCUT2D eigenvalue weighted by atomic mass is 10.00. The molecule has 0 bridgehead atoms. The molecule has 2 aliphatic heterocycles. The lowest BCUT2D eigenvalue weighted by Crippen LogP contribution is -2.55. The second-order valence-corrected chi connectivity index (χ2v) is 8.77. The van der Waals surface area contributed by atoms with Gasteiger partial charge in [-0.25, -0.2) is 8.42 Å². The van der Waals surface area contributed by atoms with Crippen LogP contribution in [0.2, 0.25) is 0 Å². The average molecular weight is 278 g/mol. The van der Waals surface area contributed by atoms with Crippen LogP contribution in [0, 0.1) is 0 Å². The molecule has 17 heavy (non-hydrogen) atoms. The van der Waals surface area contributed by atoms with E-state index in [1.807, 2.05) is 0 Å². The Morgan fingerprint density at radius 1 is 1.53 bits per heavy atom. The Morgan fingerprint density at radius 3 is 2.88 bits per heavy atom. The molecule has 1 N–H and O–H groups in total. The summed E-state index contributed by atoms with van der Waals surface area (Å²) in [4.78, 5) is 2.16. The number of hydrogen-bond acceptors (Lipinski definition) is 5. The van der Waals surface area contributed by atoms with Gasteiger partial charge in [0.1, 0.15) is 5.37 Å². The fourth-order valence-corrected chi connectivity index (χ4v) is 5.67. The molecule has 6 heteroatoms. The van der Waals surface area contributed by atoms with E-state index in [-0.39, 0.29) is 10.9 Å². The molecule has 2 heterocycles. The van der Waals surface area contributed by atoms with E-state index in [1.165, 1.54) is 12.7 Å². The van der Waals surface area contributed by atoms with Crippen LogP contribution in [0.3, 0.4) is 0 Å². The molecule has 0 aromatic rings. The van der Waals surface area contributed by atoms with Gasteiger partial charge in [-0.05, 0) is 26.3 Å². The monoisotopic (exact) mass is 278 g/mol. The summed E-state index contributed by atoms with van der Waals surface area (Å²) in [5, 5.41) is 3.22. The maximum absolute atomic E-state index is 11.8. The van der Waals surface area contributed by atoms with Crippen molar-refractivity contribution in [2.45, 2.75) is 30.7 Å². The smallest absolute Gasteiger partial charge is 0.164 e. The van der Waals surface area contributed by atoms with E-state index in [0.29, 0.717) is 0 Å². The molecule has 0 aromatic heterocycles. The summed E-state index contributed by atoms with van der Waals surface area (Å²) in [5.41, 5.74) is 0.102. The molecule has 2 saturated heterocycles. The van der Waals surface area contributed by atoms with Gasteiger partial charge in [-0.1, -0.05) is 0 Å². The van der Waals surface area contributed by atoms with E-state index in [2.05, 4.69) is 17.1 Å². The Hall–Kier alpha value is 0.220. The van der Waals surface area contributed by atoms with Gasteiger partial charge in [0.25, 0.3) is 0 Å². The zero-order valence-corrected chi connectivity index (χ0v) is 12.2. The van der Waals surface area contributed by atoms with Crippen molar-refractivity contribution >= 4 is 21.6 Å². The third-order valence-corrected chi connectivity index (χ3v) is 6.38. The molecule has 2 aliphatic rings. The second kappa shape index (κ2) is 5.07. The highest BCUT2D eigenvalue weighted by molar-refractivity contribution is 8.00. The Bertz CT molecular complexity index is 364. The molecule has 2 unspecified atom stereocenters. The van der Waals surface area contributed by atoms with Gasteiger partial charge in [-0.3, -0.25) is 4.90 Å². The minimum absolute atomic E-state index is 0.102. The standard InChI is InChI=1S/C11H22N2O2S2/c1-11(4-3-5-12-11)9-13-6-7-16-8-10(13)17(2,14)15/h10,12H,3-9H2,1-2H3. The van der Waals surface area contributed by atoms with E-state index in [1.54, 1.807) is 11.8 Å². The minimum atomic E-state index is -2.97. The van der Waals surface area contributed by atoms with E-state index < -0.39 is 9.84 Å².